The van der Waals surface area contributed by atoms with Crippen LogP contribution in [0.25, 0.3) is 11.1 Å². The molecule has 0 saturated carbocycles. The number of benzene rings is 8. The normalized spacial score (nSPS) is 12.3. The maximum atomic E-state index is 13.3. The molecule has 0 amide bonds. The fraction of sp³-hybridized carbons (Fsp3) is 0.0909. The van der Waals surface area contributed by atoms with E-state index in [1.165, 1.54) is 33.4 Å². The summed E-state index contributed by atoms with van der Waals surface area (Å²) in [7, 11) is 0. The van der Waals surface area contributed by atoms with E-state index in [0.717, 1.165) is 34.1 Å². The number of carbonyl (C=O) groups excluding carboxylic acids is 2. The smallest absolute Gasteiger partial charge is 0.193 e. The molecule has 0 aromatic heterocycles. The molecule has 0 aliphatic heterocycles. The Kier molecular flexibility index (Phi) is 9.62. The summed E-state index contributed by atoms with van der Waals surface area (Å²) < 4.78 is 0. The summed E-state index contributed by atoms with van der Waals surface area (Å²) in [6.45, 7) is 8.82. The van der Waals surface area contributed by atoms with Crippen molar-refractivity contribution in [2.45, 2.75) is 33.1 Å². The molecule has 0 radical (unpaired) electrons. The van der Waals surface area contributed by atoms with E-state index in [9.17, 15) is 9.59 Å². The molecule has 4 nitrogen and oxygen atoms in total. The number of hydrogen-bond donors (Lipinski definition) is 0. The maximum absolute atomic E-state index is 13.3. The van der Waals surface area contributed by atoms with Crippen LogP contribution in [0, 0.1) is 13.8 Å². The van der Waals surface area contributed by atoms with Gasteiger partial charge in [-0.3, -0.25) is 9.59 Å². The van der Waals surface area contributed by atoms with Crippen LogP contribution >= 0.6 is 0 Å². The third-order valence-electron chi connectivity index (χ3n) is 11.6. The first-order chi connectivity index (χ1) is 28.7. The van der Waals surface area contributed by atoms with Gasteiger partial charge in [0.2, 0.25) is 0 Å². The molecular formula is C55H44N2O2. The fourth-order valence-corrected chi connectivity index (χ4v) is 8.31. The molecule has 0 fully saturated rings. The Hall–Kier alpha value is -7.30. The van der Waals surface area contributed by atoms with Gasteiger partial charge in [-0.15, -0.1) is 0 Å². The second-order valence-electron chi connectivity index (χ2n) is 15.9. The van der Waals surface area contributed by atoms with E-state index in [4.69, 9.17) is 0 Å². The van der Waals surface area contributed by atoms with Gasteiger partial charge in [-0.05, 0) is 133 Å². The maximum Gasteiger partial charge on any atom is 0.193 e. The zero-order chi connectivity index (χ0) is 40.7. The number of anilines is 6. The minimum atomic E-state index is -0.313. The Labute approximate surface area is 346 Å². The highest BCUT2D eigenvalue weighted by molar-refractivity contribution is 6.10. The molecule has 0 saturated heterocycles. The van der Waals surface area contributed by atoms with Gasteiger partial charge >= 0.3 is 0 Å². The predicted octanol–water partition coefficient (Wildman–Crippen LogP) is 14.0. The summed E-state index contributed by atoms with van der Waals surface area (Å²) in [6, 6.07) is 65.5. The van der Waals surface area contributed by atoms with Gasteiger partial charge in [-0.1, -0.05) is 122 Å². The molecule has 59 heavy (non-hydrogen) atoms. The molecule has 8 aromatic rings. The van der Waals surface area contributed by atoms with Gasteiger partial charge in [0.25, 0.3) is 0 Å². The van der Waals surface area contributed by atoms with Gasteiger partial charge < -0.3 is 9.80 Å². The van der Waals surface area contributed by atoms with E-state index in [-0.39, 0.29) is 17.0 Å². The lowest BCUT2D eigenvalue weighted by Crippen LogP contribution is -2.17. The van der Waals surface area contributed by atoms with E-state index in [1.54, 1.807) is 0 Å². The lowest BCUT2D eigenvalue weighted by atomic mass is 9.82. The predicted molar refractivity (Wildman–Crippen MR) is 243 cm³/mol. The monoisotopic (exact) mass is 764 g/mol. The van der Waals surface area contributed by atoms with Gasteiger partial charge in [0.05, 0.1) is 0 Å². The number of nitrogens with zero attached hydrogens (tertiary/aromatic N) is 2. The fourth-order valence-electron chi connectivity index (χ4n) is 8.31. The van der Waals surface area contributed by atoms with Crippen molar-refractivity contribution >= 4 is 45.7 Å². The summed E-state index contributed by atoms with van der Waals surface area (Å²) in [4.78, 5) is 31.2. The van der Waals surface area contributed by atoms with Gasteiger partial charge in [0.15, 0.2) is 11.6 Å². The highest BCUT2D eigenvalue weighted by atomic mass is 16.1. The lowest BCUT2D eigenvalue weighted by molar-refractivity contribution is 0.103. The second-order valence-corrected chi connectivity index (χ2v) is 15.9. The molecule has 8 aromatic carbocycles. The third kappa shape index (κ3) is 7.04. The van der Waals surface area contributed by atoms with Gasteiger partial charge in [0.1, 0.15) is 0 Å². The van der Waals surface area contributed by atoms with Crippen molar-refractivity contribution in [1.82, 2.24) is 0 Å². The van der Waals surface area contributed by atoms with Crippen molar-refractivity contribution in [2.24, 2.45) is 0 Å². The first-order valence-corrected chi connectivity index (χ1v) is 20.1. The third-order valence-corrected chi connectivity index (χ3v) is 11.6. The van der Waals surface area contributed by atoms with Crippen LogP contribution < -0.4 is 9.80 Å². The molecule has 0 unspecified atom stereocenters. The van der Waals surface area contributed by atoms with Crippen LogP contribution in [-0.2, 0) is 5.41 Å². The summed E-state index contributed by atoms with van der Waals surface area (Å²) in [5, 5.41) is 0. The van der Waals surface area contributed by atoms with E-state index in [1.807, 2.05) is 109 Å². The first-order valence-electron chi connectivity index (χ1n) is 20.1. The summed E-state index contributed by atoms with van der Waals surface area (Å²) in [5.74, 6) is 0.0122. The Morgan fingerprint density at radius 2 is 0.644 bits per heavy atom. The summed E-state index contributed by atoms with van der Waals surface area (Å²) >= 11 is 0. The Morgan fingerprint density at radius 1 is 0.356 bits per heavy atom. The molecule has 286 valence electrons. The van der Waals surface area contributed by atoms with Crippen molar-refractivity contribution in [1.29, 1.82) is 0 Å². The molecule has 1 aliphatic rings. The average Bonchev–Trinajstić information content (AvgIpc) is 3.50. The number of carbonyl (C=O) groups is 2. The van der Waals surface area contributed by atoms with Crippen molar-refractivity contribution in [3.8, 4) is 11.1 Å². The number of aryl methyl sites for hydroxylation is 2. The summed E-state index contributed by atoms with van der Waals surface area (Å²) in [5.41, 5.74) is 15.8. The van der Waals surface area contributed by atoms with Gasteiger partial charge in [-0.25, -0.2) is 0 Å². The average molecular weight is 765 g/mol. The largest absolute Gasteiger partial charge is 0.310 e. The van der Waals surface area contributed by atoms with Crippen LogP contribution in [0.1, 0.15) is 67.9 Å². The number of rotatable bonds is 10. The molecule has 0 N–H and O–H groups in total. The van der Waals surface area contributed by atoms with Crippen molar-refractivity contribution in [3.63, 3.8) is 0 Å². The zero-order valence-electron chi connectivity index (χ0n) is 33.7. The van der Waals surface area contributed by atoms with E-state index in [0.29, 0.717) is 22.3 Å². The topological polar surface area (TPSA) is 40.6 Å². The molecule has 0 bridgehead atoms. The number of fused-ring (bicyclic) bond motifs is 3. The Bertz CT molecular complexity index is 2610. The number of hydrogen-bond acceptors (Lipinski definition) is 4. The summed E-state index contributed by atoms with van der Waals surface area (Å²) in [6.07, 6.45) is 0. The minimum Gasteiger partial charge on any atom is -0.310 e. The Morgan fingerprint density at radius 3 is 0.983 bits per heavy atom. The van der Waals surface area contributed by atoms with Crippen LogP contribution in [0.4, 0.5) is 34.1 Å². The Balaban J connectivity index is 1.08. The van der Waals surface area contributed by atoms with Crippen LogP contribution in [0.2, 0.25) is 0 Å². The highest BCUT2D eigenvalue weighted by Crippen LogP contribution is 2.52. The van der Waals surface area contributed by atoms with Crippen LogP contribution in [0.3, 0.4) is 0 Å². The standard InChI is InChI=1S/C55H44N2O2/c1-37-15-23-43(24-16-37)56(45-27-19-41(20-28-45)53(58)39-11-7-5-8-12-39)47-31-33-49-50-34-32-48(36-52(50)55(3,4)51(49)35-47)57(44-25-17-38(2)18-26-44)46-29-21-42(22-30-46)54(59)40-13-9-6-10-14-40/h5-36H,1-4H3. The molecule has 0 spiro atoms. The van der Waals surface area contributed by atoms with Crippen LogP contribution in [-0.4, -0.2) is 11.6 Å². The van der Waals surface area contributed by atoms with Crippen molar-refractivity contribution in [2.75, 3.05) is 9.80 Å². The molecule has 0 heterocycles. The molecule has 4 heteroatoms. The first kappa shape index (κ1) is 37.3. The lowest BCUT2D eigenvalue weighted by Gasteiger charge is -2.29. The van der Waals surface area contributed by atoms with Crippen LogP contribution in [0.15, 0.2) is 194 Å². The molecule has 1 aliphatic carbocycles. The van der Waals surface area contributed by atoms with E-state index < -0.39 is 0 Å². The van der Waals surface area contributed by atoms with E-state index in [2.05, 4.69) is 122 Å². The van der Waals surface area contributed by atoms with Crippen molar-refractivity contribution < 1.29 is 9.59 Å². The minimum absolute atomic E-state index is 0.00608. The number of ketones is 2. The molecule has 0 atom stereocenters. The van der Waals surface area contributed by atoms with Crippen LogP contribution in [0.5, 0.6) is 0 Å². The van der Waals surface area contributed by atoms with Gasteiger partial charge in [-0.2, -0.15) is 0 Å². The van der Waals surface area contributed by atoms with Gasteiger partial charge in [0, 0.05) is 61.8 Å². The molecular weight excluding hydrogens is 721 g/mol. The quantitative estimate of drug-likeness (QED) is 0.130. The SMILES string of the molecule is Cc1ccc(N(c2ccc(C(=O)c3ccccc3)cc2)c2ccc3c(c2)C(C)(C)c2cc(N(c4ccc(C)cc4)c4ccc(C(=O)c5ccccc5)cc4)ccc2-3)cc1. The van der Waals surface area contributed by atoms with Crippen molar-refractivity contribution in [3.05, 3.63) is 239 Å². The molecule has 9 rings (SSSR count). The highest BCUT2D eigenvalue weighted by Gasteiger charge is 2.37. The zero-order valence-corrected chi connectivity index (χ0v) is 33.7. The second kappa shape index (κ2) is 15.2. The van der Waals surface area contributed by atoms with E-state index >= 15 is 0 Å².